The van der Waals surface area contributed by atoms with Gasteiger partial charge in [-0.3, -0.25) is 9.69 Å². The van der Waals surface area contributed by atoms with Crippen LogP contribution in [0.1, 0.15) is 37.3 Å². The fourth-order valence-corrected chi connectivity index (χ4v) is 3.83. The van der Waals surface area contributed by atoms with Gasteiger partial charge in [-0.15, -0.1) is 0 Å². The third kappa shape index (κ3) is 5.64. The minimum absolute atomic E-state index is 0.0410. The average molecular weight is 399 g/mol. The number of nitrogens with zero attached hydrogens (tertiary/aromatic N) is 1. The molecule has 0 spiro atoms. The van der Waals surface area contributed by atoms with E-state index >= 15 is 0 Å². The first-order valence-electron chi connectivity index (χ1n) is 10.0. The van der Waals surface area contributed by atoms with E-state index in [9.17, 15) is 4.79 Å². The number of methoxy groups -OCH3 is 3. The maximum absolute atomic E-state index is 12.8. The number of benzene rings is 2. The highest BCUT2D eigenvalue weighted by molar-refractivity contribution is 5.92. The van der Waals surface area contributed by atoms with Crippen LogP contribution in [0.2, 0.25) is 0 Å². The first kappa shape index (κ1) is 21.0. The standard InChI is InChI=1S/C23H30N2O4/c1-27-19-10-8-17(9-11-19)22-7-5-4-6-12-25(22)16-23(26)24-18-13-20(28-2)15-21(14-18)29-3/h8-11,13-15,22H,4-7,12,16H2,1-3H3,(H,24,26)/t22-/m1/s1. The number of carbonyl (C=O) groups excluding carboxylic acids is 1. The molecule has 0 aliphatic carbocycles. The molecule has 6 heteroatoms. The van der Waals surface area contributed by atoms with E-state index < -0.39 is 0 Å². The van der Waals surface area contributed by atoms with Crippen molar-refractivity contribution in [3.05, 3.63) is 48.0 Å². The van der Waals surface area contributed by atoms with Crippen molar-refractivity contribution < 1.29 is 19.0 Å². The molecule has 2 aromatic carbocycles. The van der Waals surface area contributed by atoms with Gasteiger partial charge in [0.2, 0.25) is 5.91 Å². The molecule has 0 saturated carbocycles. The molecule has 0 aromatic heterocycles. The van der Waals surface area contributed by atoms with Crippen LogP contribution in [0.4, 0.5) is 5.69 Å². The summed E-state index contributed by atoms with van der Waals surface area (Å²) in [5.41, 5.74) is 1.89. The number of amides is 1. The second-order valence-electron chi connectivity index (χ2n) is 7.26. The van der Waals surface area contributed by atoms with Gasteiger partial charge in [0.15, 0.2) is 0 Å². The van der Waals surface area contributed by atoms with Crippen LogP contribution in [0.25, 0.3) is 0 Å². The maximum atomic E-state index is 12.8. The zero-order chi connectivity index (χ0) is 20.6. The first-order valence-corrected chi connectivity index (χ1v) is 10.0. The van der Waals surface area contributed by atoms with Crippen LogP contribution in [0, 0.1) is 0 Å². The van der Waals surface area contributed by atoms with Crippen molar-refractivity contribution >= 4 is 11.6 Å². The number of likely N-dealkylation sites (tertiary alicyclic amines) is 1. The molecule has 0 radical (unpaired) electrons. The Bertz CT molecular complexity index is 785. The highest BCUT2D eigenvalue weighted by Crippen LogP contribution is 2.31. The smallest absolute Gasteiger partial charge is 0.238 e. The molecule has 1 aliphatic heterocycles. The summed E-state index contributed by atoms with van der Waals surface area (Å²) in [4.78, 5) is 15.1. The summed E-state index contributed by atoms with van der Waals surface area (Å²) < 4.78 is 15.9. The van der Waals surface area contributed by atoms with Crippen LogP contribution in [-0.2, 0) is 4.79 Å². The Morgan fingerprint density at radius 2 is 1.59 bits per heavy atom. The zero-order valence-electron chi connectivity index (χ0n) is 17.4. The molecule has 1 fully saturated rings. The van der Waals surface area contributed by atoms with Gasteiger partial charge in [0, 0.05) is 29.9 Å². The van der Waals surface area contributed by atoms with Crippen molar-refractivity contribution in [1.82, 2.24) is 4.90 Å². The van der Waals surface area contributed by atoms with Crippen molar-refractivity contribution in [2.24, 2.45) is 0 Å². The molecular formula is C23H30N2O4. The van der Waals surface area contributed by atoms with E-state index in [-0.39, 0.29) is 11.9 Å². The molecule has 2 aromatic rings. The molecule has 1 heterocycles. The zero-order valence-corrected chi connectivity index (χ0v) is 17.4. The molecule has 1 aliphatic rings. The molecule has 1 saturated heterocycles. The summed E-state index contributed by atoms with van der Waals surface area (Å²) in [6, 6.07) is 13.8. The lowest BCUT2D eigenvalue weighted by molar-refractivity contribution is -0.117. The molecule has 0 bridgehead atoms. The highest BCUT2D eigenvalue weighted by Gasteiger charge is 2.24. The van der Waals surface area contributed by atoms with Crippen LogP contribution in [-0.4, -0.2) is 45.2 Å². The molecule has 1 N–H and O–H groups in total. The predicted octanol–water partition coefficient (Wildman–Crippen LogP) is 4.27. The van der Waals surface area contributed by atoms with Crippen LogP contribution < -0.4 is 19.5 Å². The topological polar surface area (TPSA) is 60.0 Å². The molecule has 29 heavy (non-hydrogen) atoms. The van der Waals surface area contributed by atoms with Gasteiger partial charge in [-0.05, 0) is 37.1 Å². The molecule has 1 amide bonds. The van der Waals surface area contributed by atoms with Crippen molar-refractivity contribution in [3.63, 3.8) is 0 Å². The van der Waals surface area contributed by atoms with Gasteiger partial charge in [0.25, 0.3) is 0 Å². The summed E-state index contributed by atoms with van der Waals surface area (Å²) in [5.74, 6) is 2.09. The summed E-state index contributed by atoms with van der Waals surface area (Å²) in [6.07, 6.45) is 4.51. The second kappa shape index (κ2) is 10.2. The third-order valence-electron chi connectivity index (χ3n) is 5.35. The van der Waals surface area contributed by atoms with E-state index in [1.54, 1.807) is 39.5 Å². The highest BCUT2D eigenvalue weighted by atomic mass is 16.5. The number of nitrogens with one attached hydrogen (secondary N) is 1. The number of ether oxygens (including phenoxy) is 3. The fourth-order valence-electron chi connectivity index (χ4n) is 3.83. The van der Waals surface area contributed by atoms with E-state index in [1.165, 1.54) is 18.4 Å². The van der Waals surface area contributed by atoms with Crippen molar-refractivity contribution in [1.29, 1.82) is 0 Å². The van der Waals surface area contributed by atoms with Gasteiger partial charge in [0.1, 0.15) is 17.2 Å². The number of hydrogen-bond donors (Lipinski definition) is 1. The average Bonchev–Trinajstić information content (AvgIpc) is 2.98. The Hall–Kier alpha value is -2.73. The van der Waals surface area contributed by atoms with Crippen molar-refractivity contribution in [2.45, 2.75) is 31.7 Å². The minimum Gasteiger partial charge on any atom is -0.497 e. The monoisotopic (exact) mass is 398 g/mol. The van der Waals surface area contributed by atoms with E-state index in [4.69, 9.17) is 14.2 Å². The molecular weight excluding hydrogens is 368 g/mol. The van der Waals surface area contributed by atoms with Gasteiger partial charge in [-0.1, -0.05) is 25.0 Å². The van der Waals surface area contributed by atoms with Gasteiger partial charge in [-0.25, -0.2) is 0 Å². The lowest BCUT2D eigenvalue weighted by atomic mass is 10.0. The largest absolute Gasteiger partial charge is 0.497 e. The maximum Gasteiger partial charge on any atom is 0.238 e. The minimum atomic E-state index is -0.0410. The normalized spacial score (nSPS) is 17.3. The van der Waals surface area contributed by atoms with E-state index in [1.807, 2.05) is 12.1 Å². The van der Waals surface area contributed by atoms with Crippen LogP contribution in [0.3, 0.4) is 0 Å². The van der Waals surface area contributed by atoms with E-state index in [0.717, 1.165) is 25.1 Å². The fraction of sp³-hybridized carbons (Fsp3) is 0.435. The lowest BCUT2D eigenvalue weighted by Crippen LogP contribution is -2.36. The van der Waals surface area contributed by atoms with Gasteiger partial charge in [0.05, 0.1) is 27.9 Å². The number of hydrogen-bond acceptors (Lipinski definition) is 5. The molecule has 6 nitrogen and oxygen atoms in total. The van der Waals surface area contributed by atoms with Crippen LogP contribution in [0.5, 0.6) is 17.2 Å². The third-order valence-corrected chi connectivity index (χ3v) is 5.35. The number of anilines is 1. The molecule has 1 atom stereocenters. The Balaban J connectivity index is 1.72. The Morgan fingerprint density at radius 3 is 2.21 bits per heavy atom. The quantitative estimate of drug-likeness (QED) is 0.755. The van der Waals surface area contributed by atoms with Gasteiger partial charge >= 0.3 is 0 Å². The number of rotatable bonds is 7. The second-order valence-corrected chi connectivity index (χ2v) is 7.26. The van der Waals surface area contributed by atoms with Crippen molar-refractivity contribution in [2.75, 3.05) is 39.7 Å². The Labute approximate surface area is 172 Å². The van der Waals surface area contributed by atoms with Gasteiger partial charge < -0.3 is 19.5 Å². The van der Waals surface area contributed by atoms with E-state index in [2.05, 4.69) is 22.3 Å². The summed E-state index contributed by atoms with van der Waals surface area (Å²) in [6.45, 7) is 1.25. The molecule has 156 valence electrons. The molecule has 0 unspecified atom stereocenters. The predicted molar refractivity (Wildman–Crippen MR) is 114 cm³/mol. The summed E-state index contributed by atoms with van der Waals surface area (Å²) in [7, 11) is 4.86. The summed E-state index contributed by atoms with van der Waals surface area (Å²) in [5, 5.41) is 2.99. The van der Waals surface area contributed by atoms with E-state index in [0.29, 0.717) is 23.7 Å². The lowest BCUT2D eigenvalue weighted by Gasteiger charge is -2.30. The SMILES string of the molecule is COc1ccc([C@H]2CCCCCN2CC(=O)Nc2cc(OC)cc(OC)c2)cc1. The summed E-state index contributed by atoms with van der Waals surface area (Å²) >= 11 is 0. The Morgan fingerprint density at radius 1 is 0.931 bits per heavy atom. The Kier molecular flexibility index (Phi) is 7.36. The first-order chi connectivity index (χ1) is 14.1. The van der Waals surface area contributed by atoms with Gasteiger partial charge in [-0.2, -0.15) is 0 Å². The van der Waals surface area contributed by atoms with Crippen LogP contribution in [0.15, 0.2) is 42.5 Å². The molecule has 3 rings (SSSR count). The number of carbonyl (C=O) groups is 1. The van der Waals surface area contributed by atoms with Crippen LogP contribution >= 0.6 is 0 Å². The van der Waals surface area contributed by atoms with Crippen molar-refractivity contribution in [3.8, 4) is 17.2 Å².